The van der Waals surface area contributed by atoms with Gasteiger partial charge in [0.1, 0.15) is 10.7 Å². The molecule has 3 heterocycles. The highest BCUT2D eigenvalue weighted by Gasteiger charge is 2.38. The van der Waals surface area contributed by atoms with E-state index in [2.05, 4.69) is 50.2 Å². The predicted octanol–water partition coefficient (Wildman–Crippen LogP) is 3.87. The summed E-state index contributed by atoms with van der Waals surface area (Å²) in [6, 6.07) is 6.82. The van der Waals surface area contributed by atoms with Crippen LogP contribution in [0.15, 0.2) is 30.9 Å². The Balaban J connectivity index is 1.57. The highest BCUT2D eigenvalue weighted by molar-refractivity contribution is 7.15. The second-order valence-corrected chi connectivity index (χ2v) is 8.81. The molecule has 6 nitrogen and oxygen atoms in total. The fourth-order valence-corrected chi connectivity index (χ4v) is 5.51. The lowest BCUT2D eigenvalue weighted by Gasteiger charge is -2.44. The van der Waals surface area contributed by atoms with E-state index < -0.39 is 0 Å². The minimum atomic E-state index is -0.141. The van der Waals surface area contributed by atoms with Crippen LogP contribution in [-0.4, -0.2) is 45.1 Å². The lowest BCUT2D eigenvalue weighted by Crippen LogP contribution is -2.47. The van der Waals surface area contributed by atoms with Gasteiger partial charge in [-0.05, 0) is 49.9 Å². The number of anilines is 1. The molecule has 7 heteroatoms. The molecular weight excluding hydrogens is 370 g/mol. The maximum Gasteiger partial charge on any atom is 0.274 e. The molecule has 0 saturated carbocycles. The van der Waals surface area contributed by atoms with Crippen LogP contribution >= 0.6 is 11.3 Å². The Morgan fingerprint density at radius 1 is 1.46 bits per heavy atom. The van der Waals surface area contributed by atoms with Gasteiger partial charge < -0.3 is 4.98 Å². The van der Waals surface area contributed by atoms with E-state index in [1.54, 1.807) is 0 Å². The lowest BCUT2D eigenvalue weighted by molar-refractivity contribution is 0.101. The summed E-state index contributed by atoms with van der Waals surface area (Å²) < 4.78 is 0. The first kappa shape index (κ1) is 17.6. The van der Waals surface area contributed by atoms with Crippen molar-refractivity contribution >= 4 is 33.3 Å². The van der Waals surface area contributed by atoms with E-state index in [1.165, 1.54) is 35.1 Å². The summed E-state index contributed by atoms with van der Waals surface area (Å²) >= 11 is 1.39. The number of amides is 1. The molecule has 3 aromatic rings. The first-order chi connectivity index (χ1) is 13.7. The average molecular weight is 394 g/mol. The summed E-state index contributed by atoms with van der Waals surface area (Å²) in [6.45, 7) is 7.80. The number of piperidine rings is 1. The molecule has 5 rings (SSSR count). The number of hydrogen-bond donors (Lipinski definition) is 2. The Hall–Kier alpha value is -2.51. The smallest absolute Gasteiger partial charge is 0.274 e. The summed E-state index contributed by atoms with van der Waals surface area (Å²) in [5, 5.41) is 13.5. The van der Waals surface area contributed by atoms with Gasteiger partial charge in [0, 0.05) is 29.4 Å². The van der Waals surface area contributed by atoms with E-state index in [-0.39, 0.29) is 5.91 Å². The number of aromatic amines is 1. The Kier molecular flexibility index (Phi) is 4.29. The number of likely N-dealkylation sites (tertiary alicyclic amines) is 1. The van der Waals surface area contributed by atoms with Gasteiger partial charge in [-0.15, -0.1) is 16.8 Å². The van der Waals surface area contributed by atoms with Crippen LogP contribution in [-0.2, 0) is 6.42 Å². The predicted molar refractivity (Wildman–Crippen MR) is 112 cm³/mol. The van der Waals surface area contributed by atoms with Crippen LogP contribution < -0.4 is 5.32 Å². The number of fused-ring (bicyclic) bond motifs is 2. The quantitative estimate of drug-likeness (QED) is 0.660. The molecule has 2 aliphatic rings. The Bertz CT molecular complexity index is 1070. The fraction of sp³-hybridized carbons (Fsp3) is 0.381. The van der Waals surface area contributed by atoms with Gasteiger partial charge >= 0.3 is 0 Å². The van der Waals surface area contributed by atoms with E-state index >= 15 is 0 Å². The van der Waals surface area contributed by atoms with Crippen LogP contribution in [0.2, 0.25) is 0 Å². The number of carbonyl (C=O) groups excluding carboxylic acids is 1. The molecule has 0 radical (unpaired) electrons. The molecule has 0 spiro atoms. The standard InChI is InChI=1S/C21H23N5OS/c1-3-9-26-10-5-7-13-14-6-4-8-16-18(14)15(11-17(13)26)19(22-16)20(27)23-21-25-24-12(2)28-21/h3-4,6,8,13,17,22H,1,5,7,9-11H2,2H3,(H,23,25,27)/t13?,17-/m1/s1. The molecule has 1 fully saturated rings. The molecular formula is C21H23N5OS. The van der Waals surface area contributed by atoms with Crippen molar-refractivity contribution in [1.29, 1.82) is 0 Å². The summed E-state index contributed by atoms with van der Waals surface area (Å²) in [5.74, 6) is 0.375. The second-order valence-electron chi connectivity index (χ2n) is 7.63. The molecule has 1 aromatic carbocycles. The number of aryl methyl sites for hydroxylation is 1. The molecule has 28 heavy (non-hydrogen) atoms. The van der Waals surface area contributed by atoms with E-state index in [0.29, 0.717) is 22.8 Å². The Morgan fingerprint density at radius 3 is 3.14 bits per heavy atom. The van der Waals surface area contributed by atoms with Crippen LogP contribution in [0.1, 0.15) is 45.4 Å². The zero-order chi connectivity index (χ0) is 19.3. The van der Waals surface area contributed by atoms with Crippen LogP contribution in [0.4, 0.5) is 5.13 Å². The molecule has 1 unspecified atom stereocenters. The third-order valence-corrected chi connectivity index (χ3v) is 6.76. The molecule has 2 N–H and O–H groups in total. The number of carbonyl (C=O) groups is 1. The van der Waals surface area contributed by atoms with Crippen molar-refractivity contribution < 1.29 is 4.79 Å². The fourth-order valence-electron chi connectivity index (χ4n) is 4.92. The third-order valence-electron chi connectivity index (χ3n) is 6.00. The molecule has 1 saturated heterocycles. The topological polar surface area (TPSA) is 73.9 Å². The average Bonchev–Trinajstić information content (AvgIpc) is 3.27. The number of aromatic nitrogens is 3. The summed E-state index contributed by atoms with van der Waals surface area (Å²) in [5.41, 5.74) is 4.20. The lowest BCUT2D eigenvalue weighted by atomic mass is 9.74. The molecule has 2 atom stereocenters. The van der Waals surface area contributed by atoms with Gasteiger partial charge in [0.05, 0.1) is 0 Å². The molecule has 0 bridgehead atoms. The van der Waals surface area contributed by atoms with E-state index in [9.17, 15) is 4.79 Å². The van der Waals surface area contributed by atoms with Gasteiger partial charge in [0.15, 0.2) is 0 Å². The van der Waals surface area contributed by atoms with E-state index in [1.807, 2.05) is 13.0 Å². The number of H-pyrrole nitrogens is 1. The first-order valence-corrected chi connectivity index (χ1v) is 10.6. The molecule has 1 amide bonds. The normalized spacial score (nSPS) is 21.5. The summed E-state index contributed by atoms with van der Waals surface area (Å²) in [4.78, 5) is 18.9. The highest BCUT2D eigenvalue weighted by atomic mass is 32.1. The first-order valence-electron chi connectivity index (χ1n) is 9.75. The maximum atomic E-state index is 13.0. The Labute approximate surface area is 167 Å². The van der Waals surface area contributed by atoms with Crippen molar-refractivity contribution in [2.45, 2.75) is 38.1 Å². The Morgan fingerprint density at radius 2 is 2.36 bits per heavy atom. The molecule has 1 aliphatic carbocycles. The maximum absolute atomic E-state index is 13.0. The number of nitrogens with zero attached hydrogens (tertiary/aromatic N) is 3. The van der Waals surface area contributed by atoms with Gasteiger partial charge in [-0.2, -0.15) is 0 Å². The van der Waals surface area contributed by atoms with Crippen molar-refractivity contribution in [2.75, 3.05) is 18.4 Å². The molecule has 144 valence electrons. The van der Waals surface area contributed by atoms with Gasteiger partial charge in [0.25, 0.3) is 5.91 Å². The van der Waals surface area contributed by atoms with Crippen LogP contribution in [0.3, 0.4) is 0 Å². The van der Waals surface area contributed by atoms with Gasteiger partial charge in [-0.3, -0.25) is 15.0 Å². The van der Waals surface area contributed by atoms with Crippen molar-refractivity contribution in [3.8, 4) is 0 Å². The van der Waals surface area contributed by atoms with Crippen LogP contribution in [0, 0.1) is 6.92 Å². The zero-order valence-electron chi connectivity index (χ0n) is 15.9. The van der Waals surface area contributed by atoms with Crippen LogP contribution in [0.25, 0.3) is 10.9 Å². The number of hydrogen-bond acceptors (Lipinski definition) is 5. The zero-order valence-corrected chi connectivity index (χ0v) is 16.7. The van der Waals surface area contributed by atoms with Gasteiger partial charge in [-0.25, -0.2) is 0 Å². The number of benzene rings is 1. The van der Waals surface area contributed by atoms with Gasteiger partial charge in [0.2, 0.25) is 5.13 Å². The largest absolute Gasteiger partial charge is 0.350 e. The number of nitrogens with one attached hydrogen (secondary N) is 2. The van der Waals surface area contributed by atoms with Crippen molar-refractivity contribution in [3.05, 3.63) is 52.7 Å². The number of rotatable bonds is 4. The van der Waals surface area contributed by atoms with E-state index in [0.717, 1.165) is 35.6 Å². The van der Waals surface area contributed by atoms with Crippen molar-refractivity contribution in [2.24, 2.45) is 0 Å². The van der Waals surface area contributed by atoms with Crippen molar-refractivity contribution in [1.82, 2.24) is 20.1 Å². The minimum Gasteiger partial charge on any atom is -0.350 e. The summed E-state index contributed by atoms with van der Waals surface area (Å²) in [7, 11) is 0. The molecule has 2 aromatic heterocycles. The summed E-state index contributed by atoms with van der Waals surface area (Å²) in [6.07, 6.45) is 5.27. The van der Waals surface area contributed by atoms with Crippen molar-refractivity contribution in [3.63, 3.8) is 0 Å². The van der Waals surface area contributed by atoms with Crippen LogP contribution in [0.5, 0.6) is 0 Å². The minimum absolute atomic E-state index is 0.141. The monoisotopic (exact) mass is 393 g/mol. The van der Waals surface area contributed by atoms with E-state index in [4.69, 9.17) is 0 Å². The molecule has 1 aliphatic heterocycles. The second kappa shape index (κ2) is 6.83. The SMILES string of the molecule is C=CCN1CCCC2c3cccc4[nH]c(C(=O)Nc5nnc(C)s5)c(c34)C[C@H]21. The van der Waals surface area contributed by atoms with Gasteiger partial charge in [-0.1, -0.05) is 29.5 Å². The highest BCUT2D eigenvalue weighted by Crippen LogP contribution is 2.44. The third kappa shape index (κ3) is 2.77.